The lowest BCUT2D eigenvalue weighted by Gasteiger charge is -2.25. The Balaban J connectivity index is 2.31. The summed E-state index contributed by atoms with van der Waals surface area (Å²) >= 11 is 0. The van der Waals surface area contributed by atoms with Crippen molar-refractivity contribution in [2.24, 2.45) is 11.7 Å². The fourth-order valence-electron chi connectivity index (χ4n) is 6.50. The Hall–Kier alpha value is -5.55. The second-order valence-corrected chi connectivity index (χ2v) is 18.6. The molecule has 65 heavy (non-hydrogen) atoms. The molecule has 2 aromatic carbocycles. The van der Waals surface area contributed by atoms with Gasteiger partial charge in [0.05, 0.1) is 6.04 Å². The van der Waals surface area contributed by atoms with Crippen LogP contribution < -0.4 is 37.6 Å². The minimum absolute atomic E-state index is 0.0157. The third-order valence-electron chi connectivity index (χ3n) is 9.83. The van der Waals surface area contributed by atoms with Gasteiger partial charge in [0.2, 0.25) is 11.8 Å². The number of carbonyl (C=O) groups is 7. The zero-order chi connectivity index (χ0) is 48.7. The fourth-order valence-corrected chi connectivity index (χ4v) is 6.50. The van der Waals surface area contributed by atoms with E-state index < -0.39 is 83.7 Å². The third kappa shape index (κ3) is 22.8. The van der Waals surface area contributed by atoms with E-state index in [0.717, 1.165) is 30.4 Å². The Morgan fingerprint density at radius 2 is 1.08 bits per heavy atom. The number of hydrogen-bond acceptors (Lipinski definition) is 11. The molecule has 0 aliphatic rings. The fraction of sp³-hybridized carbons (Fsp3) is 0.604. The number of ketones is 1. The smallest absolute Gasteiger partial charge is 0.407 e. The molecule has 17 heteroatoms. The highest BCUT2D eigenvalue weighted by atomic mass is 16.6. The Morgan fingerprint density at radius 3 is 1.54 bits per heavy atom. The van der Waals surface area contributed by atoms with Crippen molar-refractivity contribution in [1.29, 1.82) is 0 Å². The topological polar surface area (TPSA) is 256 Å². The number of aryl methyl sites for hydroxylation is 1. The Morgan fingerprint density at radius 1 is 0.615 bits per heavy atom. The van der Waals surface area contributed by atoms with Gasteiger partial charge in [-0.05, 0) is 134 Å². The van der Waals surface area contributed by atoms with Crippen LogP contribution in [-0.2, 0) is 35.1 Å². The van der Waals surface area contributed by atoms with Crippen LogP contribution in [0, 0.1) is 5.92 Å². The molecule has 0 radical (unpaired) electrons. The van der Waals surface area contributed by atoms with Crippen molar-refractivity contribution in [1.82, 2.24) is 31.9 Å². The van der Waals surface area contributed by atoms with Crippen LogP contribution in [0.2, 0.25) is 0 Å². The zero-order valence-corrected chi connectivity index (χ0v) is 39.9. The quantitative estimate of drug-likeness (QED) is 0.0452. The number of nitrogens with one attached hydrogen (secondary N) is 6. The van der Waals surface area contributed by atoms with Crippen LogP contribution in [0.4, 0.5) is 9.59 Å². The molecular formula is C48H75N7O10. The van der Waals surface area contributed by atoms with Crippen molar-refractivity contribution >= 4 is 41.6 Å². The highest BCUT2D eigenvalue weighted by Gasteiger charge is 2.30. The molecule has 0 fully saturated rings. The van der Waals surface area contributed by atoms with E-state index in [0.29, 0.717) is 31.2 Å². The molecule has 0 bridgehead atoms. The molecule has 2 aromatic rings. The van der Waals surface area contributed by atoms with Gasteiger partial charge in [0.25, 0.3) is 11.8 Å². The summed E-state index contributed by atoms with van der Waals surface area (Å²) in [6, 6.07) is 11.9. The van der Waals surface area contributed by atoms with Crippen molar-refractivity contribution < 1.29 is 48.1 Å². The van der Waals surface area contributed by atoms with Gasteiger partial charge in [0.15, 0.2) is 11.9 Å². The van der Waals surface area contributed by atoms with E-state index in [1.54, 1.807) is 53.7 Å². The van der Waals surface area contributed by atoms with Gasteiger partial charge in [-0.25, -0.2) is 9.59 Å². The zero-order valence-electron chi connectivity index (χ0n) is 39.9. The van der Waals surface area contributed by atoms with Crippen molar-refractivity contribution in [2.75, 3.05) is 19.7 Å². The van der Waals surface area contributed by atoms with Crippen LogP contribution in [0.5, 0.6) is 0 Å². The number of alkyl carbamates (subject to hydrolysis) is 2. The number of amides is 6. The number of unbranched alkanes of at least 4 members (excludes halogenated alkanes) is 3. The van der Waals surface area contributed by atoms with E-state index in [9.17, 15) is 38.7 Å². The summed E-state index contributed by atoms with van der Waals surface area (Å²) in [4.78, 5) is 91.5. The Bertz CT molecular complexity index is 1840. The summed E-state index contributed by atoms with van der Waals surface area (Å²) in [6.07, 6.45) is 2.29. The first kappa shape index (κ1) is 55.6. The first-order valence-electron chi connectivity index (χ1n) is 22.8. The molecule has 0 heterocycles. The van der Waals surface area contributed by atoms with Gasteiger partial charge in [-0.2, -0.15) is 0 Å². The standard InChI is InChI=1S/C48H75N7O10/c1-10-11-16-32-19-21-33(22-20-32)34-23-25-35(26-24-34)41(58)52-36(17-12-14-27-50-45(62)64-47(4,5)6)42(59)53-37(18-13-15-28-51-46(63)65-48(7,8)9)43(60)55-40(49)44(61)54-38(29-31(2)3)39(57)30-56/h19-26,31,36-38,40,56H,10-18,27-30,49H2,1-9H3,(H,50,62)(H,51,63)(H,52,58)(H,53,59)(H,54,61)(H,55,60)/t36?,37-,38-,40+/m0/s1. The average molecular weight is 910 g/mol. The Labute approximate surface area is 384 Å². The molecule has 0 aromatic heterocycles. The summed E-state index contributed by atoms with van der Waals surface area (Å²) < 4.78 is 10.6. The van der Waals surface area contributed by atoms with Crippen LogP contribution in [-0.4, -0.2) is 102 Å². The molecule has 0 aliphatic carbocycles. The molecule has 9 N–H and O–H groups in total. The second-order valence-electron chi connectivity index (χ2n) is 18.6. The second kappa shape index (κ2) is 27.7. The lowest BCUT2D eigenvalue weighted by molar-refractivity contribution is -0.134. The van der Waals surface area contributed by atoms with Gasteiger partial charge in [-0.15, -0.1) is 0 Å². The number of rotatable bonds is 26. The van der Waals surface area contributed by atoms with E-state index in [-0.39, 0.29) is 38.3 Å². The molecule has 17 nitrogen and oxygen atoms in total. The maximum absolute atomic E-state index is 14.1. The molecule has 362 valence electrons. The van der Waals surface area contributed by atoms with E-state index in [2.05, 4.69) is 51.0 Å². The SMILES string of the molecule is CCCCc1ccc(-c2ccc(C(=O)NC(CCCCNC(=O)OC(C)(C)C)C(=O)N[C@@H](CCCCNC(=O)OC(C)(C)C)C(=O)N[C@@H](N)C(=O)N[C@@H](CC(C)C)C(=O)CO)cc2)cc1. The number of nitrogens with two attached hydrogens (primary N) is 1. The van der Waals surface area contributed by atoms with Crippen molar-refractivity contribution in [3.8, 4) is 11.1 Å². The van der Waals surface area contributed by atoms with Crippen molar-refractivity contribution in [3.63, 3.8) is 0 Å². The van der Waals surface area contributed by atoms with Gasteiger partial charge in [-0.3, -0.25) is 24.0 Å². The lowest BCUT2D eigenvalue weighted by Crippen LogP contribution is -2.60. The molecule has 0 aliphatic heterocycles. The molecule has 0 saturated heterocycles. The largest absolute Gasteiger partial charge is 0.444 e. The van der Waals surface area contributed by atoms with E-state index in [1.165, 1.54) is 5.56 Å². The Kier molecular flexibility index (Phi) is 23.7. The molecule has 6 amide bonds. The van der Waals surface area contributed by atoms with Crippen LogP contribution >= 0.6 is 0 Å². The summed E-state index contributed by atoms with van der Waals surface area (Å²) in [5.74, 6) is -3.53. The minimum Gasteiger partial charge on any atom is -0.444 e. The number of aliphatic hydroxyl groups excluding tert-OH is 1. The van der Waals surface area contributed by atoms with E-state index >= 15 is 0 Å². The molecular weight excluding hydrogens is 835 g/mol. The predicted molar refractivity (Wildman–Crippen MR) is 249 cm³/mol. The summed E-state index contributed by atoms with van der Waals surface area (Å²) in [6.45, 7) is 15.9. The normalized spacial score (nSPS) is 13.4. The average Bonchev–Trinajstić information content (AvgIpc) is 3.22. The third-order valence-corrected chi connectivity index (χ3v) is 9.83. The van der Waals surface area contributed by atoms with Crippen LogP contribution in [0.25, 0.3) is 11.1 Å². The van der Waals surface area contributed by atoms with Gasteiger partial charge in [0, 0.05) is 18.7 Å². The van der Waals surface area contributed by atoms with E-state index in [1.807, 2.05) is 38.1 Å². The molecule has 0 spiro atoms. The molecule has 0 saturated carbocycles. The molecule has 4 atom stereocenters. The molecule has 2 rings (SSSR count). The summed E-state index contributed by atoms with van der Waals surface area (Å²) in [5.41, 5.74) is 8.16. The monoisotopic (exact) mass is 910 g/mol. The number of carbonyl (C=O) groups excluding carboxylic acids is 7. The highest BCUT2D eigenvalue weighted by Crippen LogP contribution is 2.21. The lowest BCUT2D eigenvalue weighted by atomic mass is 10.0. The van der Waals surface area contributed by atoms with Crippen LogP contribution in [0.15, 0.2) is 48.5 Å². The molecule has 1 unspecified atom stereocenters. The van der Waals surface area contributed by atoms with Crippen LogP contribution in [0.1, 0.15) is 136 Å². The summed E-state index contributed by atoms with van der Waals surface area (Å²) in [7, 11) is 0. The van der Waals surface area contributed by atoms with Gasteiger partial charge in [0.1, 0.15) is 29.9 Å². The number of aliphatic hydroxyl groups is 1. The number of ether oxygens (including phenoxy) is 2. The number of benzene rings is 2. The first-order valence-corrected chi connectivity index (χ1v) is 22.8. The number of Topliss-reactive ketones (excluding diaryl/α,β-unsaturated/α-hetero) is 1. The van der Waals surface area contributed by atoms with Gasteiger partial charge in [-0.1, -0.05) is 63.6 Å². The minimum atomic E-state index is -1.63. The van der Waals surface area contributed by atoms with Gasteiger partial charge >= 0.3 is 12.2 Å². The maximum Gasteiger partial charge on any atom is 0.407 e. The maximum atomic E-state index is 14.1. The number of hydrogen-bond donors (Lipinski definition) is 8. The first-order chi connectivity index (χ1) is 30.5. The summed E-state index contributed by atoms with van der Waals surface area (Å²) in [5, 5.41) is 25.2. The van der Waals surface area contributed by atoms with Gasteiger partial charge < -0.3 is 52.2 Å². The van der Waals surface area contributed by atoms with E-state index in [4.69, 9.17) is 15.2 Å². The highest BCUT2D eigenvalue weighted by molar-refractivity contribution is 5.99. The van der Waals surface area contributed by atoms with Crippen molar-refractivity contribution in [2.45, 2.75) is 162 Å². The van der Waals surface area contributed by atoms with Crippen molar-refractivity contribution in [3.05, 3.63) is 59.7 Å². The van der Waals surface area contributed by atoms with Crippen LogP contribution in [0.3, 0.4) is 0 Å². The predicted octanol–water partition coefficient (Wildman–Crippen LogP) is 5.16.